The Bertz CT molecular complexity index is 439. The van der Waals surface area contributed by atoms with Crippen molar-refractivity contribution in [3.8, 4) is 0 Å². The van der Waals surface area contributed by atoms with E-state index in [-0.39, 0.29) is 17.0 Å². The van der Waals surface area contributed by atoms with E-state index in [1.165, 1.54) is 12.1 Å². The number of carbonyl (C=O) groups is 1. The summed E-state index contributed by atoms with van der Waals surface area (Å²) in [6, 6.07) is 4.54. The molecule has 17 heavy (non-hydrogen) atoms. The molecule has 1 atom stereocenters. The number of nitrogens with two attached hydrogens (primary N) is 1. The Balaban J connectivity index is 2.34. The average molecular weight is 254 g/mol. The van der Waals surface area contributed by atoms with Crippen LogP contribution in [-0.2, 0) is 4.79 Å². The predicted molar refractivity (Wildman–Crippen MR) is 67.7 cm³/mol. The Hall–Kier alpha value is -1.07. The van der Waals surface area contributed by atoms with Gasteiger partial charge in [-0.05, 0) is 18.2 Å². The molecule has 1 aliphatic heterocycles. The van der Waals surface area contributed by atoms with Crippen molar-refractivity contribution >= 4 is 23.4 Å². The van der Waals surface area contributed by atoms with Crippen molar-refractivity contribution < 1.29 is 9.18 Å². The minimum absolute atomic E-state index is 0.00695. The number of halogens is 1. The lowest BCUT2D eigenvalue weighted by atomic mass is 10.2. The number of thioether (sulfide) groups is 1. The van der Waals surface area contributed by atoms with Crippen LogP contribution in [0.4, 0.5) is 10.1 Å². The number of nitrogens with zero attached hydrogens (tertiary/aromatic N) is 1. The zero-order chi connectivity index (χ0) is 12.4. The first-order valence-corrected chi connectivity index (χ1v) is 6.46. The highest BCUT2D eigenvalue weighted by atomic mass is 32.2. The summed E-state index contributed by atoms with van der Waals surface area (Å²) >= 11 is 1.60. The van der Waals surface area contributed by atoms with Gasteiger partial charge < -0.3 is 10.6 Å². The van der Waals surface area contributed by atoms with E-state index in [1.807, 2.05) is 6.92 Å². The second kappa shape index (κ2) is 5.06. The molecule has 0 aromatic heterocycles. The Morgan fingerprint density at radius 3 is 3.12 bits per heavy atom. The summed E-state index contributed by atoms with van der Waals surface area (Å²) in [6.07, 6.45) is 0.328. The van der Waals surface area contributed by atoms with Gasteiger partial charge in [0.2, 0.25) is 5.91 Å². The number of hydrogen-bond donors (Lipinski definition) is 1. The van der Waals surface area contributed by atoms with Crippen LogP contribution >= 0.6 is 11.8 Å². The largest absolute Gasteiger partial charge is 0.330 e. The number of amides is 1. The highest BCUT2D eigenvalue weighted by Crippen LogP contribution is 2.38. The lowest BCUT2D eigenvalue weighted by Crippen LogP contribution is -2.39. The number of fused-ring (bicyclic) bond motifs is 1. The molecule has 1 unspecified atom stereocenters. The fourth-order valence-corrected chi connectivity index (χ4v) is 3.05. The molecule has 1 heterocycles. The number of hydrogen-bond acceptors (Lipinski definition) is 3. The first-order valence-electron chi connectivity index (χ1n) is 5.58. The molecule has 3 nitrogen and oxygen atoms in total. The fourth-order valence-electron chi connectivity index (χ4n) is 1.91. The molecule has 1 aromatic carbocycles. The molecule has 0 radical (unpaired) electrons. The summed E-state index contributed by atoms with van der Waals surface area (Å²) in [5.74, 6) is -0.260. The number of anilines is 1. The molecule has 1 aliphatic rings. The van der Waals surface area contributed by atoms with E-state index >= 15 is 0 Å². The van der Waals surface area contributed by atoms with Gasteiger partial charge in [-0.25, -0.2) is 4.39 Å². The van der Waals surface area contributed by atoms with Crippen molar-refractivity contribution in [2.45, 2.75) is 23.5 Å². The molecule has 0 spiro atoms. The van der Waals surface area contributed by atoms with Crippen LogP contribution in [0, 0.1) is 5.82 Å². The molecule has 0 saturated carbocycles. The third kappa shape index (κ3) is 2.61. The maximum absolute atomic E-state index is 13.2. The SMILES string of the molecule is CC1CN(C(=O)CCN)c2ccc(F)cc2S1. The van der Waals surface area contributed by atoms with Crippen LogP contribution in [0.5, 0.6) is 0 Å². The van der Waals surface area contributed by atoms with E-state index in [9.17, 15) is 9.18 Å². The van der Waals surface area contributed by atoms with E-state index in [0.29, 0.717) is 19.5 Å². The van der Waals surface area contributed by atoms with Crippen LogP contribution in [0.1, 0.15) is 13.3 Å². The van der Waals surface area contributed by atoms with Gasteiger partial charge in [0.1, 0.15) is 5.82 Å². The first-order chi connectivity index (χ1) is 8.11. The molecule has 0 bridgehead atoms. The van der Waals surface area contributed by atoms with Gasteiger partial charge in [0.25, 0.3) is 0 Å². The minimum atomic E-state index is -0.267. The molecule has 2 rings (SSSR count). The van der Waals surface area contributed by atoms with Crippen molar-refractivity contribution in [1.82, 2.24) is 0 Å². The molecule has 1 aromatic rings. The monoisotopic (exact) mass is 254 g/mol. The van der Waals surface area contributed by atoms with Crippen LogP contribution in [0.15, 0.2) is 23.1 Å². The molecule has 2 N–H and O–H groups in total. The second-order valence-electron chi connectivity index (χ2n) is 4.08. The Morgan fingerprint density at radius 2 is 2.41 bits per heavy atom. The number of rotatable bonds is 2. The normalized spacial score (nSPS) is 19.0. The van der Waals surface area contributed by atoms with Gasteiger partial charge in [-0.2, -0.15) is 0 Å². The van der Waals surface area contributed by atoms with Crippen LogP contribution in [-0.4, -0.2) is 24.2 Å². The molecule has 0 fully saturated rings. The van der Waals surface area contributed by atoms with Crippen LogP contribution in [0.2, 0.25) is 0 Å². The van der Waals surface area contributed by atoms with E-state index in [2.05, 4.69) is 0 Å². The number of benzene rings is 1. The highest BCUT2D eigenvalue weighted by molar-refractivity contribution is 8.00. The summed E-state index contributed by atoms with van der Waals surface area (Å²) in [5, 5.41) is 0.269. The van der Waals surface area contributed by atoms with Crippen molar-refractivity contribution in [2.75, 3.05) is 18.0 Å². The summed E-state index contributed by atoms with van der Waals surface area (Å²) in [5.41, 5.74) is 6.20. The molecule has 92 valence electrons. The Labute approximate surface area is 104 Å². The van der Waals surface area contributed by atoms with Gasteiger partial charge in [0.15, 0.2) is 0 Å². The highest BCUT2D eigenvalue weighted by Gasteiger charge is 2.26. The van der Waals surface area contributed by atoms with E-state index in [0.717, 1.165) is 10.6 Å². The summed E-state index contributed by atoms with van der Waals surface area (Å²) in [7, 11) is 0. The molecule has 5 heteroatoms. The molecule has 1 amide bonds. The van der Waals surface area contributed by atoms with E-state index in [4.69, 9.17) is 5.73 Å². The molecular weight excluding hydrogens is 239 g/mol. The van der Waals surface area contributed by atoms with Crippen LogP contribution < -0.4 is 10.6 Å². The smallest absolute Gasteiger partial charge is 0.228 e. The van der Waals surface area contributed by atoms with Gasteiger partial charge in [-0.1, -0.05) is 6.92 Å². The molecule has 0 saturated heterocycles. The lowest BCUT2D eigenvalue weighted by Gasteiger charge is -2.32. The Morgan fingerprint density at radius 1 is 1.65 bits per heavy atom. The van der Waals surface area contributed by atoms with E-state index < -0.39 is 0 Å². The Kier molecular flexibility index (Phi) is 3.69. The predicted octanol–water partition coefficient (Wildman–Crippen LogP) is 2.00. The maximum atomic E-state index is 13.2. The van der Waals surface area contributed by atoms with Crippen molar-refractivity contribution in [3.05, 3.63) is 24.0 Å². The summed E-state index contributed by atoms with van der Waals surface area (Å²) in [4.78, 5) is 14.5. The van der Waals surface area contributed by atoms with Crippen LogP contribution in [0.25, 0.3) is 0 Å². The molecular formula is C12H15FN2OS. The number of carbonyl (C=O) groups excluding carboxylic acids is 1. The topological polar surface area (TPSA) is 46.3 Å². The zero-order valence-corrected chi connectivity index (χ0v) is 10.5. The summed E-state index contributed by atoms with van der Waals surface area (Å²) < 4.78 is 13.2. The quantitative estimate of drug-likeness (QED) is 0.878. The lowest BCUT2D eigenvalue weighted by molar-refractivity contribution is -0.118. The maximum Gasteiger partial charge on any atom is 0.228 e. The summed E-state index contributed by atoms with van der Waals surface area (Å²) in [6.45, 7) is 3.02. The average Bonchev–Trinajstić information content (AvgIpc) is 2.27. The standard InChI is InChI=1S/C12H15FN2OS/c1-8-7-15(12(16)4-5-14)10-3-2-9(13)6-11(10)17-8/h2-3,6,8H,4-5,7,14H2,1H3. The van der Waals surface area contributed by atoms with Crippen molar-refractivity contribution in [2.24, 2.45) is 5.73 Å². The first kappa shape index (κ1) is 12.4. The van der Waals surface area contributed by atoms with Gasteiger partial charge in [0.05, 0.1) is 5.69 Å². The van der Waals surface area contributed by atoms with Gasteiger partial charge in [-0.3, -0.25) is 4.79 Å². The van der Waals surface area contributed by atoms with Crippen LogP contribution in [0.3, 0.4) is 0 Å². The van der Waals surface area contributed by atoms with Gasteiger partial charge >= 0.3 is 0 Å². The second-order valence-corrected chi connectivity index (χ2v) is 5.56. The van der Waals surface area contributed by atoms with E-state index in [1.54, 1.807) is 22.7 Å². The fraction of sp³-hybridized carbons (Fsp3) is 0.417. The molecule has 0 aliphatic carbocycles. The van der Waals surface area contributed by atoms with Crippen molar-refractivity contribution in [1.29, 1.82) is 0 Å². The van der Waals surface area contributed by atoms with Gasteiger partial charge in [-0.15, -0.1) is 11.8 Å². The zero-order valence-electron chi connectivity index (χ0n) is 9.65. The third-order valence-corrected chi connectivity index (χ3v) is 3.77. The third-order valence-electron chi connectivity index (χ3n) is 2.64. The minimum Gasteiger partial charge on any atom is -0.330 e. The van der Waals surface area contributed by atoms with Crippen molar-refractivity contribution in [3.63, 3.8) is 0 Å². The van der Waals surface area contributed by atoms with Gasteiger partial charge in [0, 0.05) is 29.7 Å².